The van der Waals surface area contributed by atoms with E-state index in [1.165, 1.54) is 36.5 Å². The number of fused-ring (bicyclic) bond motifs is 1. The smallest absolute Gasteiger partial charge is 0.396 e. The molecule has 126 valence electrons. The highest BCUT2D eigenvalue weighted by atomic mass is 16.6. The van der Waals surface area contributed by atoms with Gasteiger partial charge in [-0.2, -0.15) is 4.98 Å². The topological polar surface area (TPSA) is 130 Å². The lowest BCUT2D eigenvalue weighted by Crippen LogP contribution is -2.19. The van der Waals surface area contributed by atoms with Crippen LogP contribution in [0.1, 0.15) is 5.56 Å². The van der Waals surface area contributed by atoms with Crippen molar-refractivity contribution < 1.29 is 14.6 Å². The van der Waals surface area contributed by atoms with Crippen molar-refractivity contribution in [3.8, 4) is 11.6 Å². The van der Waals surface area contributed by atoms with Crippen molar-refractivity contribution in [2.24, 2.45) is 0 Å². The highest BCUT2D eigenvalue weighted by molar-refractivity contribution is 5.54. The molecular formula is C15H10N4O6. The number of nitro groups is 2. The number of hydrogen-bond acceptors (Lipinski definition) is 7. The predicted octanol–water partition coefficient (Wildman–Crippen LogP) is 2.61. The highest BCUT2D eigenvalue weighted by Gasteiger charge is 2.27. The van der Waals surface area contributed by atoms with Gasteiger partial charge in [0, 0.05) is 12.3 Å². The zero-order valence-corrected chi connectivity index (χ0v) is 12.8. The van der Waals surface area contributed by atoms with Crippen molar-refractivity contribution in [1.29, 1.82) is 0 Å². The number of aryl methyl sites for hydroxylation is 1. The van der Waals surface area contributed by atoms with E-state index in [-0.39, 0.29) is 11.4 Å². The molecule has 0 aliphatic carbocycles. The standard InChI is InChI=1S/C15H10N4O6/c1-9-5-6-10(18(21)22)11(8-9)25-14-13(19(23)24)15(20)17-7-3-2-4-12(17)16-14/h2-8H,1H3. The molecule has 0 atom stereocenters. The third kappa shape index (κ3) is 2.87. The van der Waals surface area contributed by atoms with Crippen LogP contribution in [0.15, 0.2) is 47.4 Å². The first-order chi connectivity index (χ1) is 11.9. The summed E-state index contributed by atoms with van der Waals surface area (Å²) in [5.74, 6) is -0.838. The maximum Gasteiger partial charge on any atom is 0.396 e. The Morgan fingerprint density at radius 3 is 2.56 bits per heavy atom. The van der Waals surface area contributed by atoms with Crippen molar-refractivity contribution in [3.05, 3.63) is 78.7 Å². The van der Waals surface area contributed by atoms with E-state index >= 15 is 0 Å². The summed E-state index contributed by atoms with van der Waals surface area (Å²) in [6, 6.07) is 8.63. The summed E-state index contributed by atoms with van der Waals surface area (Å²) in [5, 5.41) is 22.4. The van der Waals surface area contributed by atoms with Gasteiger partial charge >= 0.3 is 22.8 Å². The second-order valence-electron chi connectivity index (χ2n) is 5.09. The van der Waals surface area contributed by atoms with Gasteiger partial charge in [0.1, 0.15) is 5.65 Å². The molecule has 0 unspecified atom stereocenters. The van der Waals surface area contributed by atoms with E-state index in [4.69, 9.17) is 4.74 Å². The molecule has 10 heteroatoms. The first-order valence-electron chi connectivity index (χ1n) is 6.97. The molecule has 0 aliphatic heterocycles. The molecule has 0 fully saturated rings. The summed E-state index contributed by atoms with van der Waals surface area (Å²) in [4.78, 5) is 37.1. The van der Waals surface area contributed by atoms with Crippen LogP contribution in [-0.2, 0) is 0 Å². The van der Waals surface area contributed by atoms with Gasteiger partial charge in [-0.05, 0) is 30.7 Å². The fraction of sp³-hybridized carbons (Fsp3) is 0.0667. The van der Waals surface area contributed by atoms with Crippen molar-refractivity contribution >= 4 is 17.0 Å². The summed E-state index contributed by atoms with van der Waals surface area (Å²) < 4.78 is 6.32. The van der Waals surface area contributed by atoms with Gasteiger partial charge < -0.3 is 4.74 Å². The Morgan fingerprint density at radius 2 is 1.88 bits per heavy atom. The number of nitro benzene ring substituents is 1. The van der Waals surface area contributed by atoms with Crippen LogP contribution in [-0.4, -0.2) is 19.2 Å². The highest BCUT2D eigenvalue weighted by Crippen LogP contribution is 2.34. The molecule has 3 rings (SSSR count). The van der Waals surface area contributed by atoms with Gasteiger partial charge in [-0.3, -0.25) is 29.4 Å². The summed E-state index contributed by atoms with van der Waals surface area (Å²) >= 11 is 0. The van der Waals surface area contributed by atoms with Gasteiger partial charge in [0.2, 0.25) is 5.75 Å². The molecule has 0 radical (unpaired) electrons. The Kier molecular flexibility index (Phi) is 3.85. The Labute approximate surface area is 139 Å². The first-order valence-corrected chi connectivity index (χ1v) is 6.97. The van der Waals surface area contributed by atoms with Crippen molar-refractivity contribution in [2.45, 2.75) is 6.92 Å². The maximum atomic E-state index is 12.3. The monoisotopic (exact) mass is 342 g/mol. The maximum absolute atomic E-state index is 12.3. The van der Waals surface area contributed by atoms with Crippen LogP contribution in [0.4, 0.5) is 11.4 Å². The lowest BCUT2D eigenvalue weighted by molar-refractivity contribution is -0.388. The van der Waals surface area contributed by atoms with Gasteiger partial charge in [-0.15, -0.1) is 0 Å². The first kappa shape index (κ1) is 16.1. The third-order valence-electron chi connectivity index (χ3n) is 3.38. The Morgan fingerprint density at radius 1 is 1.12 bits per heavy atom. The molecule has 10 nitrogen and oxygen atoms in total. The van der Waals surface area contributed by atoms with Gasteiger partial charge in [-0.25, -0.2) is 0 Å². The number of nitrogens with zero attached hydrogens (tertiary/aromatic N) is 4. The van der Waals surface area contributed by atoms with E-state index in [2.05, 4.69) is 4.98 Å². The lowest BCUT2D eigenvalue weighted by atomic mass is 10.2. The molecular weight excluding hydrogens is 332 g/mol. The molecule has 1 aromatic carbocycles. The third-order valence-corrected chi connectivity index (χ3v) is 3.38. The fourth-order valence-electron chi connectivity index (χ4n) is 2.24. The second-order valence-corrected chi connectivity index (χ2v) is 5.09. The predicted molar refractivity (Wildman–Crippen MR) is 86.0 cm³/mol. The van der Waals surface area contributed by atoms with Crippen molar-refractivity contribution in [2.75, 3.05) is 0 Å². The van der Waals surface area contributed by atoms with Crippen LogP contribution in [0, 0.1) is 27.2 Å². The average Bonchev–Trinajstić information content (AvgIpc) is 2.54. The van der Waals surface area contributed by atoms with Crippen LogP contribution >= 0.6 is 0 Å². The lowest BCUT2D eigenvalue weighted by Gasteiger charge is -2.08. The number of aromatic nitrogens is 2. The quantitative estimate of drug-likeness (QED) is 0.526. The van der Waals surface area contributed by atoms with Crippen molar-refractivity contribution in [1.82, 2.24) is 9.38 Å². The zero-order chi connectivity index (χ0) is 18.1. The van der Waals surface area contributed by atoms with Crippen molar-refractivity contribution in [3.63, 3.8) is 0 Å². The van der Waals surface area contributed by atoms with Crippen LogP contribution in [0.2, 0.25) is 0 Å². The molecule has 0 N–H and O–H groups in total. The van der Waals surface area contributed by atoms with Gasteiger partial charge in [0.25, 0.3) is 0 Å². The van der Waals surface area contributed by atoms with Gasteiger partial charge in [0.05, 0.1) is 9.85 Å². The molecule has 3 aromatic rings. The molecule has 0 spiro atoms. The minimum absolute atomic E-state index is 0.114. The van der Waals surface area contributed by atoms with E-state index < -0.39 is 32.7 Å². The van der Waals surface area contributed by atoms with Gasteiger partial charge in [0.15, 0.2) is 0 Å². The second kappa shape index (κ2) is 6.00. The fourth-order valence-corrected chi connectivity index (χ4v) is 2.24. The minimum atomic E-state index is -0.944. The molecule has 0 saturated carbocycles. The Hall–Kier alpha value is -3.82. The van der Waals surface area contributed by atoms with E-state index in [0.717, 1.165) is 4.40 Å². The van der Waals surface area contributed by atoms with Crippen LogP contribution in [0.3, 0.4) is 0 Å². The van der Waals surface area contributed by atoms with E-state index in [0.29, 0.717) is 5.56 Å². The number of benzene rings is 1. The summed E-state index contributed by atoms with van der Waals surface area (Å²) in [7, 11) is 0. The molecule has 0 saturated heterocycles. The van der Waals surface area contributed by atoms with Gasteiger partial charge in [-0.1, -0.05) is 12.1 Å². The molecule has 2 heterocycles. The average molecular weight is 342 g/mol. The number of pyridine rings is 1. The Bertz CT molecular complexity index is 1080. The molecule has 0 amide bonds. The van der Waals surface area contributed by atoms with Crippen LogP contribution in [0.5, 0.6) is 11.6 Å². The molecule has 25 heavy (non-hydrogen) atoms. The summed E-state index contributed by atoms with van der Waals surface area (Å²) in [6.07, 6.45) is 1.33. The number of rotatable bonds is 4. The summed E-state index contributed by atoms with van der Waals surface area (Å²) in [5.41, 5.74) is -1.49. The largest absolute Gasteiger partial charge is 0.426 e. The summed E-state index contributed by atoms with van der Waals surface area (Å²) in [6.45, 7) is 1.67. The van der Waals surface area contributed by atoms with Crippen LogP contribution in [0.25, 0.3) is 5.65 Å². The van der Waals surface area contributed by atoms with E-state index in [9.17, 15) is 25.0 Å². The van der Waals surface area contributed by atoms with E-state index in [1.54, 1.807) is 13.0 Å². The number of hydrogen-bond donors (Lipinski definition) is 0. The number of ether oxygens (including phenoxy) is 1. The minimum Gasteiger partial charge on any atom is -0.426 e. The molecule has 2 aromatic heterocycles. The molecule has 0 aliphatic rings. The zero-order valence-electron chi connectivity index (χ0n) is 12.8. The SMILES string of the molecule is Cc1ccc([N+](=O)[O-])c(Oc2nc3ccccn3c(=O)c2[N+](=O)[O-])c1. The normalized spacial score (nSPS) is 10.6. The van der Waals surface area contributed by atoms with E-state index in [1.807, 2.05) is 0 Å². The Balaban J connectivity index is 2.25. The van der Waals surface area contributed by atoms with Crippen LogP contribution < -0.4 is 10.3 Å². The molecule has 0 bridgehead atoms.